The predicted molar refractivity (Wildman–Crippen MR) is 78.1 cm³/mol. The summed E-state index contributed by atoms with van der Waals surface area (Å²) in [5.74, 6) is -0.471. The monoisotopic (exact) mass is 265 g/mol. The van der Waals surface area contributed by atoms with Gasteiger partial charge in [0, 0.05) is 23.6 Å². The van der Waals surface area contributed by atoms with Gasteiger partial charge in [0.1, 0.15) is 0 Å². The summed E-state index contributed by atoms with van der Waals surface area (Å²) in [5.41, 5.74) is 13.2. The maximum atomic E-state index is 11.3. The van der Waals surface area contributed by atoms with E-state index in [1.54, 1.807) is 6.07 Å². The van der Waals surface area contributed by atoms with E-state index in [4.69, 9.17) is 11.5 Å². The van der Waals surface area contributed by atoms with Gasteiger partial charge in [-0.15, -0.1) is 0 Å². The molecule has 2 rings (SSSR count). The summed E-state index contributed by atoms with van der Waals surface area (Å²) >= 11 is 1.98. The van der Waals surface area contributed by atoms with Crippen molar-refractivity contribution >= 4 is 29.0 Å². The third kappa shape index (κ3) is 2.56. The number of carbonyl (C=O) groups excluding carboxylic acids is 1. The molecule has 1 aromatic rings. The van der Waals surface area contributed by atoms with Crippen molar-refractivity contribution in [2.45, 2.75) is 24.3 Å². The standard InChI is InChI=1S/C13H19N3OS/c1-8-6-16(7-9(2)18-8)11-5-3-4-10(12(11)14)13(15)17/h3-5,8-9H,6-7,14H2,1-2H3,(H2,15,17). The molecule has 1 aromatic carbocycles. The zero-order chi connectivity index (χ0) is 13.3. The number of nitrogens with zero attached hydrogens (tertiary/aromatic N) is 1. The van der Waals surface area contributed by atoms with E-state index in [0.29, 0.717) is 21.8 Å². The molecular formula is C13H19N3OS. The van der Waals surface area contributed by atoms with Crippen LogP contribution in [0.15, 0.2) is 18.2 Å². The van der Waals surface area contributed by atoms with Crippen LogP contribution in [0, 0.1) is 0 Å². The molecule has 1 fully saturated rings. The number of benzene rings is 1. The Morgan fingerprint density at radius 1 is 1.33 bits per heavy atom. The first-order valence-corrected chi connectivity index (χ1v) is 7.02. The maximum absolute atomic E-state index is 11.3. The molecule has 1 amide bonds. The first kappa shape index (κ1) is 13.1. The van der Waals surface area contributed by atoms with Crippen LogP contribution in [-0.4, -0.2) is 29.5 Å². The number of nitrogens with two attached hydrogens (primary N) is 2. The van der Waals surface area contributed by atoms with Crippen LogP contribution in [-0.2, 0) is 0 Å². The molecule has 98 valence electrons. The Morgan fingerprint density at radius 3 is 2.50 bits per heavy atom. The second kappa shape index (κ2) is 5.10. The lowest BCUT2D eigenvalue weighted by molar-refractivity contribution is 0.100. The van der Waals surface area contributed by atoms with E-state index >= 15 is 0 Å². The Morgan fingerprint density at radius 2 is 1.94 bits per heavy atom. The molecule has 18 heavy (non-hydrogen) atoms. The van der Waals surface area contributed by atoms with E-state index in [-0.39, 0.29) is 0 Å². The highest BCUT2D eigenvalue weighted by molar-refractivity contribution is 8.00. The molecule has 1 saturated heterocycles. The molecule has 5 heteroatoms. The Bertz CT molecular complexity index is 454. The summed E-state index contributed by atoms with van der Waals surface area (Å²) in [4.78, 5) is 13.5. The van der Waals surface area contributed by atoms with Gasteiger partial charge in [-0.25, -0.2) is 0 Å². The fourth-order valence-corrected chi connectivity index (χ4v) is 3.74. The number of hydrogen-bond acceptors (Lipinski definition) is 4. The normalized spacial score (nSPS) is 24.0. The molecule has 0 spiro atoms. The summed E-state index contributed by atoms with van der Waals surface area (Å²) in [5, 5.41) is 1.12. The van der Waals surface area contributed by atoms with Crippen LogP contribution in [0.3, 0.4) is 0 Å². The van der Waals surface area contributed by atoms with Gasteiger partial charge in [0.25, 0.3) is 5.91 Å². The SMILES string of the molecule is CC1CN(c2cccc(C(N)=O)c2N)CC(C)S1. The Balaban J connectivity index is 2.33. The number of anilines is 2. The predicted octanol–water partition coefficient (Wildman–Crippen LogP) is 1.70. The van der Waals surface area contributed by atoms with Crippen LogP contribution in [0.1, 0.15) is 24.2 Å². The molecule has 0 bridgehead atoms. The van der Waals surface area contributed by atoms with Crippen molar-refractivity contribution in [3.8, 4) is 0 Å². The van der Waals surface area contributed by atoms with Gasteiger partial charge in [-0.1, -0.05) is 19.9 Å². The van der Waals surface area contributed by atoms with Crippen LogP contribution in [0.5, 0.6) is 0 Å². The van der Waals surface area contributed by atoms with Crippen molar-refractivity contribution in [2.24, 2.45) is 5.73 Å². The van der Waals surface area contributed by atoms with E-state index < -0.39 is 5.91 Å². The average molecular weight is 265 g/mol. The summed E-state index contributed by atoms with van der Waals surface area (Å²) in [6.45, 7) is 6.31. The zero-order valence-corrected chi connectivity index (χ0v) is 11.5. The topological polar surface area (TPSA) is 72.3 Å². The van der Waals surface area contributed by atoms with Crippen LogP contribution in [0.2, 0.25) is 0 Å². The number of primary amides is 1. The minimum absolute atomic E-state index is 0.408. The van der Waals surface area contributed by atoms with Crippen LogP contribution < -0.4 is 16.4 Å². The van der Waals surface area contributed by atoms with Crippen LogP contribution in [0.25, 0.3) is 0 Å². The fourth-order valence-electron chi connectivity index (χ4n) is 2.42. The summed E-state index contributed by atoms with van der Waals surface area (Å²) in [6, 6.07) is 5.47. The van der Waals surface area contributed by atoms with Gasteiger partial charge in [-0.3, -0.25) is 4.79 Å². The first-order chi connectivity index (χ1) is 8.49. The number of para-hydroxylation sites is 1. The first-order valence-electron chi connectivity index (χ1n) is 6.07. The molecule has 0 aliphatic carbocycles. The molecule has 0 saturated carbocycles. The summed E-state index contributed by atoms with van der Waals surface area (Å²) in [7, 11) is 0. The van der Waals surface area contributed by atoms with E-state index in [1.165, 1.54) is 0 Å². The van der Waals surface area contributed by atoms with E-state index in [0.717, 1.165) is 18.8 Å². The number of carbonyl (C=O) groups is 1. The number of hydrogen-bond donors (Lipinski definition) is 2. The van der Waals surface area contributed by atoms with Crippen LogP contribution >= 0.6 is 11.8 Å². The number of nitrogen functional groups attached to an aromatic ring is 1. The van der Waals surface area contributed by atoms with E-state index in [9.17, 15) is 4.79 Å². The van der Waals surface area contributed by atoms with Crippen molar-refractivity contribution in [2.75, 3.05) is 23.7 Å². The number of thioether (sulfide) groups is 1. The molecule has 1 aliphatic rings. The Hall–Kier alpha value is -1.36. The molecule has 1 aliphatic heterocycles. The van der Waals surface area contributed by atoms with E-state index in [1.807, 2.05) is 23.9 Å². The maximum Gasteiger partial charge on any atom is 0.250 e. The number of rotatable bonds is 2. The third-order valence-electron chi connectivity index (χ3n) is 3.11. The Kier molecular flexibility index (Phi) is 3.71. The highest BCUT2D eigenvalue weighted by Crippen LogP contribution is 2.32. The second-order valence-electron chi connectivity index (χ2n) is 4.76. The van der Waals surface area contributed by atoms with Gasteiger partial charge >= 0.3 is 0 Å². The molecule has 2 unspecified atom stereocenters. The smallest absolute Gasteiger partial charge is 0.250 e. The van der Waals surface area contributed by atoms with Gasteiger partial charge < -0.3 is 16.4 Å². The minimum atomic E-state index is -0.471. The van der Waals surface area contributed by atoms with Crippen molar-refractivity contribution in [1.82, 2.24) is 0 Å². The third-order valence-corrected chi connectivity index (χ3v) is 4.34. The molecule has 1 heterocycles. The van der Waals surface area contributed by atoms with Gasteiger partial charge in [0.2, 0.25) is 0 Å². The fraction of sp³-hybridized carbons (Fsp3) is 0.462. The van der Waals surface area contributed by atoms with Gasteiger partial charge in [0.05, 0.1) is 16.9 Å². The van der Waals surface area contributed by atoms with Crippen molar-refractivity contribution < 1.29 is 4.79 Å². The highest BCUT2D eigenvalue weighted by Gasteiger charge is 2.24. The van der Waals surface area contributed by atoms with Gasteiger partial charge in [0.15, 0.2) is 0 Å². The lowest BCUT2D eigenvalue weighted by Crippen LogP contribution is -2.40. The molecule has 0 aromatic heterocycles. The molecular weight excluding hydrogens is 246 g/mol. The quantitative estimate of drug-likeness (QED) is 0.798. The van der Waals surface area contributed by atoms with Gasteiger partial charge in [-0.2, -0.15) is 11.8 Å². The molecule has 4 N–H and O–H groups in total. The lowest BCUT2D eigenvalue weighted by atomic mass is 10.1. The second-order valence-corrected chi connectivity index (χ2v) is 6.65. The summed E-state index contributed by atoms with van der Waals surface area (Å²) < 4.78 is 0. The lowest BCUT2D eigenvalue weighted by Gasteiger charge is -2.37. The number of amides is 1. The van der Waals surface area contributed by atoms with Gasteiger partial charge in [-0.05, 0) is 12.1 Å². The highest BCUT2D eigenvalue weighted by atomic mass is 32.2. The van der Waals surface area contributed by atoms with Crippen molar-refractivity contribution in [1.29, 1.82) is 0 Å². The van der Waals surface area contributed by atoms with Crippen LogP contribution in [0.4, 0.5) is 11.4 Å². The molecule has 4 nitrogen and oxygen atoms in total. The zero-order valence-electron chi connectivity index (χ0n) is 10.7. The molecule has 0 radical (unpaired) electrons. The van der Waals surface area contributed by atoms with E-state index in [2.05, 4.69) is 18.7 Å². The van der Waals surface area contributed by atoms with Crippen molar-refractivity contribution in [3.63, 3.8) is 0 Å². The molecule has 2 atom stereocenters. The Labute approximate surface area is 112 Å². The minimum Gasteiger partial charge on any atom is -0.396 e. The average Bonchev–Trinajstić information content (AvgIpc) is 2.27. The largest absolute Gasteiger partial charge is 0.396 e. The van der Waals surface area contributed by atoms with Crippen molar-refractivity contribution in [3.05, 3.63) is 23.8 Å². The summed E-state index contributed by atoms with van der Waals surface area (Å²) in [6.07, 6.45) is 0.